The van der Waals surface area contributed by atoms with E-state index < -0.39 is 29.4 Å². The number of aliphatic hydroxyl groups excluding tert-OH is 1. The SMILES string of the molecule is COC(=O)N1CCc2ccc(F)cc2[C@H]1C(=O)NC(C)(C)CO. The Kier molecular flexibility index (Phi) is 4.89. The van der Waals surface area contributed by atoms with Crippen LogP contribution < -0.4 is 5.32 Å². The number of benzene rings is 1. The Bertz CT molecular complexity index is 618. The van der Waals surface area contributed by atoms with E-state index >= 15 is 0 Å². The van der Waals surface area contributed by atoms with Crippen molar-refractivity contribution < 1.29 is 23.8 Å². The van der Waals surface area contributed by atoms with Gasteiger partial charge in [0.1, 0.15) is 11.9 Å². The number of fused-ring (bicyclic) bond motifs is 1. The molecule has 1 atom stereocenters. The van der Waals surface area contributed by atoms with Crippen molar-refractivity contribution in [1.29, 1.82) is 0 Å². The molecule has 0 saturated carbocycles. The van der Waals surface area contributed by atoms with E-state index in [0.717, 1.165) is 5.56 Å². The highest BCUT2D eigenvalue weighted by molar-refractivity contribution is 5.88. The van der Waals surface area contributed by atoms with Gasteiger partial charge < -0.3 is 15.2 Å². The van der Waals surface area contributed by atoms with Gasteiger partial charge in [-0.1, -0.05) is 6.07 Å². The van der Waals surface area contributed by atoms with Crippen LogP contribution in [0, 0.1) is 5.82 Å². The molecule has 0 aromatic heterocycles. The van der Waals surface area contributed by atoms with Crippen molar-refractivity contribution in [2.75, 3.05) is 20.3 Å². The highest BCUT2D eigenvalue weighted by Crippen LogP contribution is 2.31. The number of rotatable bonds is 3. The molecule has 7 heteroatoms. The fourth-order valence-electron chi connectivity index (χ4n) is 2.62. The number of hydrogen-bond acceptors (Lipinski definition) is 4. The van der Waals surface area contributed by atoms with E-state index in [-0.39, 0.29) is 6.61 Å². The number of methoxy groups -OCH3 is 1. The first kappa shape index (κ1) is 17.2. The maximum absolute atomic E-state index is 13.6. The Hall–Kier alpha value is -2.15. The molecule has 2 N–H and O–H groups in total. The van der Waals surface area contributed by atoms with Gasteiger partial charge in [0.2, 0.25) is 5.91 Å². The van der Waals surface area contributed by atoms with Gasteiger partial charge in [0.25, 0.3) is 0 Å². The van der Waals surface area contributed by atoms with Crippen LogP contribution in [0.1, 0.15) is 31.0 Å². The first-order valence-corrected chi connectivity index (χ1v) is 7.35. The van der Waals surface area contributed by atoms with Crippen molar-refractivity contribution in [2.45, 2.75) is 31.8 Å². The molecule has 0 bridgehead atoms. The molecule has 1 aliphatic heterocycles. The highest BCUT2D eigenvalue weighted by atomic mass is 19.1. The van der Waals surface area contributed by atoms with Crippen LogP contribution in [0.25, 0.3) is 0 Å². The summed E-state index contributed by atoms with van der Waals surface area (Å²) in [6.07, 6.45) is -0.139. The maximum atomic E-state index is 13.6. The van der Waals surface area contributed by atoms with Crippen molar-refractivity contribution in [3.63, 3.8) is 0 Å². The van der Waals surface area contributed by atoms with Crippen LogP contribution in [0.5, 0.6) is 0 Å². The van der Waals surface area contributed by atoms with Crippen molar-refractivity contribution in [2.24, 2.45) is 0 Å². The number of nitrogens with one attached hydrogen (secondary N) is 1. The monoisotopic (exact) mass is 324 g/mol. The molecular formula is C16H21FN2O4. The van der Waals surface area contributed by atoms with Crippen LogP contribution in [0.3, 0.4) is 0 Å². The lowest BCUT2D eigenvalue weighted by atomic mass is 9.91. The molecule has 1 aromatic carbocycles. The summed E-state index contributed by atoms with van der Waals surface area (Å²) in [5.41, 5.74) is 0.394. The molecule has 2 amide bonds. The lowest BCUT2D eigenvalue weighted by molar-refractivity contribution is -0.128. The van der Waals surface area contributed by atoms with Gasteiger partial charge in [-0.2, -0.15) is 0 Å². The zero-order chi connectivity index (χ0) is 17.2. The zero-order valence-electron chi connectivity index (χ0n) is 13.4. The van der Waals surface area contributed by atoms with Gasteiger partial charge in [-0.15, -0.1) is 0 Å². The fourth-order valence-corrected chi connectivity index (χ4v) is 2.62. The van der Waals surface area contributed by atoms with Crippen LogP contribution >= 0.6 is 0 Å². The lowest BCUT2D eigenvalue weighted by Crippen LogP contribution is -2.53. The van der Waals surface area contributed by atoms with Crippen molar-refractivity contribution in [3.05, 3.63) is 35.1 Å². The van der Waals surface area contributed by atoms with E-state index in [0.29, 0.717) is 18.5 Å². The van der Waals surface area contributed by atoms with Crippen LogP contribution in [0.15, 0.2) is 18.2 Å². The molecule has 1 aromatic rings. The first-order valence-electron chi connectivity index (χ1n) is 7.35. The molecule has 2 rings (SSSR count). The van der Waals surface area contributed by atoms with Gasteiger partial charge in [-0.3, -0.25) is 9.69 Å². The highest BCUT2D eigenvalue weighted by Gasteiger charge is 2.38. The largest absolute Gasteiger partial charge is 0.453 e. The van der Waals surface area contributed by atoms with Crippen LogP contribution in [-0.2, 0) is 16.0 Å². The molecule has 0 radical (unpaired) electrons. The quantitative estimate of drug-likeness (QED) is 0.880. The number of carbonyl (C=O) groups excluding carboxylic acids is 2. The lowest BCUT2D eigenvalue weighted by Gasteiger charge is -2.37. The Labute approximate surface area is 134 Å². The van der Waals surface area contributed by atoms with Crippen molar-refractivity contribution >= 4 is 12.0 Å². The van der Waals surface area contributed by atoms with Gasteiger partial charge in [0, 0.05) is 6.54 Å². The second-order valence-corrected chi connectivity index (χ2v) is 6.19. The second-order valence-electron chi connectivity index (χ2n) is 6.19. The third-order valence-electron chi connectivity index (χ3n) is 3.85. The molecule has 0 saturated heterocycles. The van der Waals surface area contributed by atoms with E-state index in [2.05, 4.69) is 5.32 Å². The summed E-state index contributed by atoms with van der Waals surface area (Å²) in [4.78, 5) is 25.9. The summed E-state index contributed by atoms with van der Waals surface area (Å²) in [5, 5.41) is 12.0. The summed E-state index contributed by atoms with van der Waals surface area (Å²) >= 11 is 0. The smallest absolute Gasteiger partial charge is 0.410 e. The summed E-state index contributed by atoms with van der Waals surface area (Å²) in [7, 11) is 1.23. The van der Waals surface area contributed by atoms with Gasteiger partial charge in [-0.25, -0.2) is 9.18 Å². The fraction of sp³-hybridized carbons (Fsp3) is 0.500. The average molecular weight is 324 g/mol. The molecule has 6 nitrogen and oxygen atoms in total. The van der Waals surface area contributed by atoms with E-state index in [4.69, 9.17) is 4.74 Å². The van der Waals surface area contributed by atoms with Gasteiger partial charge in [-0.05, 0) is 43.5 Å². The molecule has 1 aliphatic rings. The molecule has 126 valence electrons. The Morgan fingerprint density at radius 3 is 2.78 bits per heavy atom. The van der Waals surface area contributed by atoms with Crippen LogP contribution in [0.4, 0.5) is 9.18 Å². The number of carbonyl (C=O) groups is 2. The molecule has 0 unspecified atom stereocenters. The van der Waals surface area contributed by atoms with Gasteiger partial charge in [0.05, 0.1) is 19.3 Å². The number of nitrogens with zero attached hydrogens (tertiary/aromatic N) is 1. The number of ether oxygens (including phenoxy) is 1. The standard InChI is InChI=1S/C16H21FN2O4/c1-16(2,9-20)18-14(21)13-12-8-11(17)5-4-10(12)6-7-19(13)15(22)23-3/h4-5,8,13,20H,6-7,9H2,1-3H3,(H,18,21)/t13-/m0/s1. The van der Waals surface area contributed by atoms with E-state index in [1.807, 2.05) is 0 Å². The average Bonchev–Trinajstić information content (AvgIpc) is 2.52. The van der Waals surface area contributed by atoms with E-state index in [9.17, 15) is 19.1 Å². The maximum Gasteiger partial charge on any atom is 0.410 e. The minimum atomic E-state index is -0.993. The molecule has 23 heavy (non-hydrogen) atoms. The first-order chi connectivity index (χ1) is 10.8. The summed E-state index contributed by atoms with van der Waals surface area (Å²) in [6.45, 7) is 3.34. The van der Waals surface area contributed by atoms with Crippen LogP contribution in [0.2, 0.25) is 0 Å². The summed E-state index contributed by atoms with van der Waals surface area (Å²) in [6, 6.07) is 3.23. The van der Waals surface area contributed by atoms with Gasteiger partial charge >= 0.3 is 6.09 Å². The summed E-state index contributed by atoms with van der Waals surface area (Å²) in [5.74, 6) is -0.962. The van der Waals surface area contributed by atoms with Gasteiger partial charge in [0.15, 0.2) is 0 Å². The zero-order valence-corrected chi connectivity index (χ0v) is 13.4. The van der Waals surface area contributed by atoms with E-state index in [1.54, 1.807) is 19.9 Å². The molecule has 0 aliphatic carbocycles. The predicted molar refractivity (Wildman–Crippen MR) is 81.3 cm³/mol. The molecular weight excluding hydrogens is 303 g/mol. The van der Waals surface area contributed by atoms with Crippen molar-refractivity contribution in [3.8, 4) is 0 Å². The number of aliphatic hydroxyl groups is 1. The molecule has 1 heterocycles. The second kappa shape index (κ2) is 6.54. The Morgan fingerprint density at radius 2 is 2.17 bits per heavy atom. The minimum absolute atomic E-state index is 0.264. The Morgan fingerprint density at radius 1 is 1.48 bits per heavy atom. The topological polar surface area (TPSA) is 78.9 Å². The number of hydrogen-bond donors (Lipinski definition) is 2. The Balaban J connectivity index is 2.42. The molecule has 0 spiro atoms. The molecule has 0 fully saturated rings. The minimum Gasteiger partial charge on any atom is -0.453 e. The normalized spacial score (nSPS) is 17.4. The van der Waals surface area contributed by atoms with E-state index in [1.165, 1.54) is 24.1 Å². The third kappa shape index (κ3) is 3.61. The van der Waals surface area contributed by atoms with Crippen LogP contribution in [-0.4, -0.2) is 47.8 Å². The predicted octanol–water partition coefficient (Wildman–Crippen LogP) is 1.38. The van der Waals surface area contributed by atoms with Crippen molar-refractivity contribution in [1.82, 2.24) is 10.2 Å². The third-order valence-corrected chi connectivity index (χ3v) is 3.85. The summed E-state index contributed by atoms with van der Waals surface area (Å²) < 4.78 is 18.4. The number of amides is 2. The number of halogens is 1.